The summed E-state index contributed by atoms with van der Waals surface area (Å²) in [5.74, 6) is 1.02. The van der Waals surface area contributed by atoms with E-state index in [0.29, 0.717) is 11.4 Å². The van der Waals surface area contributed by atoms with Gasteiger partial charge < -0.3 is 4.74 Å². The van der Waals surface area contributed by atoms with Gasteiger partial charge in [-0.25, -0.2) is 0 Å². The minimum atomic E-state index is -0.0900. The number of carbonyl (C=O) groups is 1. The number of methoxy groups -OCH3 is 1. The van der Waals surface area contributed by atoms with Crippen molar-refractivity contribution in [1.29, 1.82) is 0 Å². The lowest BCUT2D eigenvalue weighted by Gasteiger charge is -2.11. The molecular weight excluding hydrogens is 224 g/mol. The standard InChI is InChI=1S/C13H15ClO2/c1-13(5-6-13)12(15)8-9-7-10(14)3-4-11(9)16-2/h3-4,7H,5-6,8H2,1-2H3. The Morgan fingerprint density at radius 1 is 1.50 bits per heavy atom. The van der Waals surface area contributed by atoms with Gasteiger partial charge in [0.1, 0.15) is 11.5 Å². The monoisotopic (exact) mass is 238 g/mol. The number of Topliss-reactive ketones (excluding diaryl/α,β-unsaturated/α-hetero) is 1. The summed E-state index contributed by atoms with van der Waals surface area (Å²) in [6.07, 6.45) is 2.43. The van der Waals surface area contributed by atoms with Crippen molar-refractivity contribution in [2.75, 3.05) is 7.11 Å². The van der Waals surface area contributed by atoms with Gasteiger partial charge in [0.2, 0.25) is 0 Å². The Kier molecular flexibility index (Phi) is 2.94. The number of hydrogen-bond acceptors (Lipinski definition) is 2. The van der Waals surface area contributed by atoms with Crippen LogP contribution in [0.2, 0.25) is 5.02 Å². The van der Waals surface area contributed by atoms with Crippen molar-refractivity contribution in [3.63, 3.8) is 0 Å². The van der Waals surface area contributed by atoms with Crippen LogP contribution in [0.15, 0.2) is 18.2 Å². The molecule has 2 rings (SSSR count). The predicted octanol–water partition coefficient (Wildman–Crippen LogP) is 3.26. The second kappa shape index (κ2) is 4.10. The van der Waals surface area contributed by atoms with E-state index in [9.17, 15) is 4.79 Å². The normalized spacial score (nSPS) is 16.9. The van der Waals surface area contributed by atoms with E-state index in [-0.39, 0.29) is 11.2 Å². The van der Waals surface area contributed by atoms with E-state index in [4.69, 9.17) is 16.3 Å². The highest BCUT2D eigenvalue weighted by atomic mass is 35.5. The fourth-order valence-corrected chi connectivity index (χ4v) is 1.93. The zero-order valence-electron chi connectivity index (χ0n) is 9.55. The summed E-state index contributed by atoms with van der Waals surface area (Å²) in [6, 6.07) is 5.39. The van der Waals surface area contributed by atoms with Gasteiger partial charge in [0.05, 0.1) is 7.11 Å². The van der Waals surface area contributed by atoms with Crippen LogP contribution in [0.25, 0.3) is 0 Å². The fraction of sp³-hybridized carbons (Fsp3) is 0.462. The molecule has 0 aliphatic heterocycles. The molecule has 0 aromatic heterocycles. The average molecular weight is 239 g/mol. The summed E-state index contributed by atoms with van der Waals surface area (Å²) in [5, 5.41) is 0.643. The lowest BCUT2D eigenvalue weighted by Crippen LogP contribution is -2.14. The Hall–Kier alpha value is -1.02. The van der Waals surface area contributed by atoms with Gasteiger partial charge in [-0.2, -0.15) is 0 Å². The zero-order chi connectivity index (χ0) is 11.8. The molecule has 1 aliphatic carbocycles. The molecule has 1 saturated carbocycles. The third kappa shape index (κ3) is 2.22. The van der Waals surface area contributed by atoms with Crippen molar-refractivity contribution >= 4 is 17.4 Å². The largest absolute Gasteiger partial charge is 0.496 e. The first-order valence-electron chi connectivity index (χ1n) is 5.41. The van der Waals surface area contributed by atoms with E-state index < -0.39 is 0 Å². The van der Waals surface area contributed by atoms with Crippen LogP contribution < -0.4 is 4.74 Å². The van der Waals surface area contributed by atoms with Crippen LogP contribution in [0, 0.1) is 5.41 Å². The van der Waals surface area contributed by atoms with Gasteiger partial charge in [0, 0.05) is 22.4 Å². The van der Waals surface area contributed by atoms with Crippen molar-refractivity contribution in [3.8, 4) is 5.75 Å². The van der Waals surface area contributed by atoms with Crippen LogP contribution in [-0.4, -0.2) is 12.9 Å². The lowest BCUT2D eigenvalue weighted by molar-refractivity contribution is -0.122. The zero-order valence-corrected chi connectivity index (χ0v) is 10.3. The predicted molar refractivity (Wildman–Crippen MR) is 64.1 cm³/mol. The molecule has 1 aromatic rings. The van der Waals surface area contributed by atoms with Crippen molar-refractivity contribution in [1.82, 2.24) is 0 Å². The van der Waals surface area contributed by atoms with Gasteiger partial charge >= 0.3 is 0 Å². The smallest absolute Gasteiger partial charge is 0.143 e. The molecule has 0 amide bonds. The Bertz CT molecular complexity index is 422. The van der Waals surface area contributed by atoms with Gasteiger partial charge in [0.25, 0.3) is 0 Å². The summed E-state index contributed by atoms with van der Waals surface area (Å²) in [5.41, 5.74) is 0.793. The topological polar surface area (TPSA) is 26.3 Å². The molecule has 0 bridgehead atoms. The maximum Gasteiger partial charge on any atom is 0.143 e. The number of rotatable bonds is 4. The van der Waals surface area contributed by atoms with E-state index in [0.717, 1.165) is 24.2 Å². The van der Waals surface area contributed by atoms with E-state index in [1.54, 1.807) is 19.2 Å². The summed E-state index contributed by atoms with van der Waals surface area (Å²) in [6.45, 7) is 2.02. The van der Waals surface area contributed by atoms with Crippen molar-refractivity contribution < 1.29 is 9.53 Å². The van der Waals surface area contributed by atoms with Crippen LogP contribution in [0.4, 0.5) is 0 Å². The third-order valence-corrected chi connectivity index (χ3v) is 3.50. The molecule has 0 N–H and O–H groups in total. The number of ether oxygens (including phenoxy) is 1. The average Bonchev–Trinajstić information content (AvgIpc) is 2.98. The van der Waals surface area contributed by atoms with E-state index in [1.807, 2.05) is 13.0 Å². The van der Waals surface area contributed by atoms with E-state index >= 15 is 0 Å². The first-order valence-corrected chi connectivity index (χ1v) is 5.79. The summed E-state index contributed by atoms with van der Waals surface area (Å²) < 4.78 is 5.22. The Balaban J connectivity index is 2.19. The Morgan fingerprint density at radius 3 is 2.75 bits per heavy atom. The highest BCUT2D eigenvalue weighted by molar-refractivity contribution is 6.30. The Morgan fingerprint density at radius 2 is 2.19 bits per heavy atom. The van der Waals surface area contributed by atoms with Crippen LogP contribution in [0.3, 0.4) is 0 Å². The summed E-state index contributed by atoms with van der Waals surface area (Å²) in [4.78, 5) is 12.0. The number of carbonyl (C=O) groups excluding carboxylic acids is 1. The number of ketones is 1. The molecule has 0 radical (unpaired) electrons. The second-order valence-corrected chi connectivity index (χ2v) is 5.05. The molecule has 1 fully saturated rings. The van der Waals surface area contributed by atoms with Gasteiger partial charge in [-0.3, -0.25) is 4.79 Å². The number of halogens is 1. The second-order valence-electron chi connectivity index (χ2n) is 4.62. The summed E-state index contributed by atoms with van der Waals surface area (Å²) >= 11 is 5.92. The van der Waals surface area contributed by atoms with E-state index in [1.165, 1.54) is 0 Å². The van der Waals surface area contributed by atoms with Crippen LogP contribution in [-0.2, 0) is 11.2 Å². The SMILES string of the molecule is COc1ccc(Cl)cc1CC(=O)C1(C)CC1. The van der Waals surface area contributed by atoms with Crippen molar-refractivity contribution in [2.24, 2.45) is 5.41 Å². The molecule has 0 atom stereocenters. The molecular formula is C13H15ClO2. The summed E-state index contributed by atoms with van der Waals surface area (Å²) in [7, 11) is 1.61. The molecule has 2 nitrogen and oxygen atoms in total. The fourth-order valence-electron chi connectivity index (χ4n) is 1.74. The first-order chi connectivity index (χ1) is 7.55. The van der Waals surface area contributed by atoms with Gasteiger partial charge in [-0.05, 0) is 31.0 Å². The molecule has 86 valence electrons. The van der Waals surface area contributed by atoms with E-state index in [2.05, 4.69) is 0 Å². The van der Waals surface area contributed by atoms with Gasteiger partial charge in [-0.15, -0.1) is 0 Å². The molecule has 0 saturated heterocycles. The van der Waals surface area contributed by atoms with Crippen molar-refractivity contribution in [3.05, 3.63) is 28.8 Å². The molecule has 0 unspecified atom stereocenters. The third-order valence-electron chi connectivity index (χ3n) is 3.27. The Labute approximate surface area is 101 Å². The molecule has 0 heterocycles. The maximum absolute atomic E-state index is 12.0. The molecule has 16 heavy (non-hydrogen) atoms. The first kappa shape index (κ1) is 11.5. The minimum absolute atomic E-state index is 0.0900. The van der Waals surface area contributed by atoms with Crippen LogP contribution >= 0.6 is 11.6 Å². The molecule has 0 spiro atoms. The number of hydrogen-bond donors (Lipinski definition) is 0. The molecule has 3 heteroatoms. The number of benzene rings is 1. The quantitative estimate of drug-likeness (QED) is 0.805. The lowest BCUT2D eigenvalue weighted by atomic mass is 9.97. The highest BCUT2D eigenvalue weighted by Gasteiger charge is 2.44. The maximum atomic E-state index is 12.0. The minimum Gasteiger partial charge on any atom is -0.496 e. The van der Waals surface area contributed by atoms with Gasteiger partial charge in [0.15, 0.2) is 0 Å². The molecule has 1 aliphatic rings. The van der Waals surface area contributed by atoms with Gasteiger partial charge in [-0.1, -0.05) is 18.5 Å². The highest BCUT2D eigenvalue weighted by Crippen LogP contribution is 2.46. The molecule has 1 aromatic carbocycles. The van der Waals surface area contributed by atoms with Crippen LogP contribution in [0.5, 0.6) is 5.75 Å². The van der Waals surface area contributed by atoms with Crippen molar-refractivity contribution in [2.45, 2.75) is 26.2 Å². The van der Waals surface area contributed by atoms with Crippen LogP contribution in [0.1, 0.15) is 25.3 Å².